The normalized spacial score (nSPS) is 10.5. The molecule has 1 aromatic heterocycles. The standard InChI is InChI=1S/C19H23N3O3/c1-5-12-21(4)19(25)15-6-8-16(9-7-15)22-14(3)17(13(2)20-22)10-11-18(23)24/h5-9H,1,10-12H2,2-4H3,(H,23,24). The molecule has 1 N–H and O–H groups in total. The van der Waals surface area contributed by atoms with Crippen molar-refractivity contribution in [2.45, 2.75) is 26.7 Å². The first kappa shape index (κ1) is 18.4. The van der Waals surface area contributed by atoms with Crippen LogP contribution in [0.2, 0.25) is 0 Å². The molecule has 6 heteroatoms. The number of aryl methyl sites for hydroxylation is 1. The molecule has 0 aliphatic rings. The van der Waals surface area contributed by atoms with Crippen LogP contribution in [-0.4, -0.2) is 45.3 Å². The number of rotatable bonds is 7. The third-order valence-electron chi connectivity index (χ3n) is 4.14. The SMILES string of the molecule is C=CCN(C)C(=O)c1ccc(-n2nc(C)c(CCC(=O)O)c2C)cc1. The summed E-state index contributed by atoms with van der Waals surface area (Å²) >= 11 is 0. The van der Waals surface area contributed by atoms with Crippen LogP contribution in [0.15, 0.2) is 36.9 Å². The second-order valence-corrected chi connectivity index (χ2v) is 5.98. The van der Waals surface area contributed by atoms with Crippen LogP contribution in [0.3, 0.4) is 0 Å². The molecule has 1 aromatic carbocycles. The number of hydrogen-bond donors (Lipinski definition) is 1. The van der Waals surface area contributed by atoms with Gasteiger partial charge in [-0.3, -0.25) is 9.59 Å². The first-order chi connectivity index (χ1) is 11.8. The van der Waals surface area contributed by atoms with Gasteiger partial charge in [0.2, 0.25) is 0 Å². The van der Waals surface area contributed by atoms with Gasteiger partial charge in [0.05, 0.1) is 11.4 Å². The summed E-state index contributed by atoms with van der Waals surface area (Å²) < 4.78 is 1.79. The molecule has 1 amide bonds. The maximum atomic E-state index is 12.3. The third kappa shape index (κ3) is 4.15. The molecule has 0 atom stereocenters. The van der Waals surface area contributed by atoms with Crippen molar-refractivity contribution in [1.29, 1.82) is 0 Å². The lowest BCUT2D eigenvalue weighted by Crippen LogP contribution is -2.26. The van der Waals surface area contributed by atoms with Crippen LogP contribution >= 0.6 is 0 Å². The molecule has 25 heavy (non-hydrogen) atoms. The fourth-order valence-corrected chi connectivity index (χ4v) is 2.76. The Kier molecular flexibility index (Phi) is 5.75. The maximum Gasteiger partial charge on any atom is 0.303 e. The number of carboxylic acids is 1. The summed E-state index contributed by atoms with van der Waals surface area (Å²) in [6.07, 6.45) is 2.22. The number of nitrogens with zero attached hydrogens (tertiary/aromatic N) is 3. The molecule has 0 aliphatic carbocycles. The van der Waals surface area contributed by atoms with Crippen molar-refractivity contribution in [1.82, 2.24) is 14.7 Å². The van der Waals surface area contributed by atoms with E-state index in [1.165, 1.54) is 0 Å². The Balaban J connectivity index is 2.25. The summed E-state index contributed by atoms with van der Waals surface area (Å²) in [6.45, 7) is 7.93. The Morgan fingerprint density at radius 1 is 1.28 bits per heavy atom. The highest BCUT2D eigenvalue weighted by Gasteiger charge is 2.15. The molecule has 0 aliphatic heterocycles. The van der Waals surface area contributed by atoms with E-state index in [2.05, 4.69) is 11.7 Å². The number of benzene rings is 1. The predicted octanol–water partition coefficient (Wildman–Crippen LogP) is 2.76. The third-order valence-corrected chi connectivity index (χ3v) is 4.14. The lowest BCUT2D eigenvalue weighted by Gasteiger charge is -2.15. The van der Waals surface area contributed by atoms with Crippen LogP contribution < -0.4 is 0 Å². The van der Waals surface area contributed by atoms with Gasteiger partial charge in [-0.05, 0) is 50.1 Å². The number of carboxylic acid groups (broad SMARTS) is 1. The zero-order valence-electron chi connectivity index (χ0n) is 14.8. The van der Waals surface area contributed by atoms with E-state index in [9.17, 15) is 9.59 Å². The number of likely N-dealkylation sites (N-methyl/N-ethyl adjacent to an activating group) is 1. The number of aromatic nitrogens is 2. The first-order valence-electron chi connectivity index (χ1n) is 8.08. The molecule has 0 bridgehead atoms. The summed E-state index contributed by atoms with van der Waals surface area (Å²) in [5, 5.41) is 13.4. The quantitative estimate of drug-likeness (QED) is 0.786. The molecular weight excluding hydrogens is 318 g/mol. The molecule has 132 valence electrons. The maximum absolute atomic E-state index is 12.3. The van der Waals surface area contributed by atoms with Crippen molar-refractivity contribution in [2.75, 3.05) is 13.6 Å². The van der Waals surface area contributed by atoms with Gasteiger partial charge in [-0.1, -0.05) is 6.08 Å². The fourth-order valence-electron chi connectivity index (χ4n) is 2.76. The molecule has 2 rings (SSSR count). The Morgan fingerprint density at radius 2 is 1.92 bits per heavy atom. The Morgan fingerprint density at radius 3 is 2.48 bits per heavy atom. The topological polar surface area (TPSA) is 75.4 Å². The lowest BCUT2D eigenvalue weighted by molar-refractivity contribution is -0.136. The largest absolute Gasteiger partial charge is 0.481 e. The summed E-state index contributed by atoms with van der Waals surface area (Å²) in [5.74, 6) is -0.889. The van der Waals surface area contributed by atoms with Crippen LogP contribution in [0.5, 0.6) is 0 Å². The van der Waals surface area contributed by atoms with E-state index in [-0.39, 0.29) is 12.3 Å². The number of carbonyl (C=O) groups excluding carboxylic acids is 1. The molecule has 0 unspecified atom stereocenters. The van der Waals surface area contributed by atoms with E-state index in [0.717, 1.165) is 22.6 Å². The second kappa shape index (κ2) is 7.79. The molecular formula is C19H23N3O3. The van der Waals surface area contributed by atoms with E-state index in [1.54, 1.807) is 34.8 Å². The number of aliphatic carboxylic acids is 1. The van der Waals surface area contributed by atoms with Crippen LogP contribution in [0.4, 0.5) is 0 Å². The summed E-state index contributed by atoms with van der Waals surface area (Å²) in [6, 6.07) is 7.22. The number of amides is 1. The van der Waals surface area contributed by atoms with Crippen LogP contribution in [0.1, 0.15) is 33.7 Å². The van der Waals surface area contributed by atoms with Gasteiger partial charge in [-0.2, -0.15) is 5.10 Å². The average molecular weight is 341 g/mol. The van der Waals surface area contributed by atoms with E-state index in [4.69, 9.17) is 5.11 Å². The molecule has 1 heterocycles. The first-order valence-corrected chi connectivity index (χ1v) is 8.08. The predicted molar refractivity (Wildman–Crippen MR) is 96.2 cm³/mol. The van der Waals surface area contributed by atoms with Crippen molar-refractivity contribution in [3.63, 3.8) is 0 Å². The Hall–Kier alpha value is -2.89. The Bertz CT molecular complexity index is 791. The van der Waals surface area contributed by atoms with Crippen LogP contribution in [0.25, 0.3) is 5.69 Å². The highest BCUT2D eigenvalue weighted by atomic mass is 16.4. The molecule has 2 aromatic rings. The number of hydrogen-bond acceptors (Lipinski definition) is 3. The monoisotopic (exact) mass is 341 g/mol. The zero-order valence-corrected chi connectivity index (χ0v) is 14.8. The molecule has 0 spiro atoms. The smallest absolute Gasteiger partial charge is 0.303 e. The average Bonchev–Trinajstić information content (AvgIpc) is 2.87. The summed E-state index contributed by atoms with van der Waals surface area (Å²) in [4.78, 5) is 24.7. The van der Waals surface area contributed by atoms with Crippen molar-refractivity contribution in [3.05, 3.63) is 59.4 Å². The van der Waals surface area contributed by atoms with Crippen molar-refractivity contribution in [3.8, 4) is 5.69 Å². The molecule has 0 fully saturated rings. The number of carbonyl (C=O) groups is 2. The van der Waals surface area contributed by atoms with E-state index in [1.807, 2.05) is 26.0 Å². The molecule has 0 saturated heterocycles. The summed E-state index contributed by atoms with van der Waals surface area (Å²) in [5.41, 5.74) is 4.13. The van der Waals surface area contributed by atoms with E-state index in [0.29, 0.717) is 18.5 Å². The van der Waals surface area contributed by atoms with Gasteiger partial charge >= 0.3 is 5.97 Å². The Labute approximate surface area is 147 Å². The van der Waals surface area contributed by atoms with Gasteiger partial charge in [-0.25, -0.2) is 4.68 Å². The van der Waals surface area contributed by atoms with Crippen molar-refractivity contribution >= 4 is 11.9 Å². The van der Waals surface area contributed by atoms with Gasteiger partial charge in [0.25, 0.3) is 5.91 Å². The second-order valence-electron chi connectivity index (χ2n) is 5.98. The fraction of sp³-hybridized carbons (Fsp3) is 0.316. The molecule has 6 nitrogen and oxygen atoms in total. The minimum Gasteiger partial charge on any atom is -0.481 e. The van der Waals surface area contributed by atoms with Gasteiger partial charge < -0.3 is 10.0 Å². The molecule has 0 radical (unpaired) electrons. The van der Waals surface area contributed by atoms with Crippen molar-refractivity contribution in [2.24, 2.45) is 0 Å². The van der Waals surface area contributed by atoms with Gasteiger partial charge in [0, 0.05) is 31.3 Å². The lowest BCUT2D eigenvalue weighted by atomic mass is 10.1. The highest BCUT2D eigenvalue weighted by molar-refractivity contribution is 5.94. The summed E-state index contributed by atoms with van der Waals surface area (Å²) in [7, 11) is 1.73. The van der Waals surface area contributed by atoms with Crippen LogP contribution in [-0.2, 0) is 11.2 Å². The van der Waals surface area contributed by atoms with E-state index >= 15 is 0 Å². The zero-order chi connectivity index (χ0) is 18.6. The minimum atomic E-state index is -0.821. The van der Waals surface area contributed by atoms with E-state index < -0.39 is 5.97 Å². The van der Waals surface area contributed by atoms with Gasteiger partial charge in [0.15, 0.2) is 0 Å². The minimum absolute atomic E-state index is 0.0676. The van der Waals surface area contributed by atoms with Gasteiger partial charge in [-0.15, -0.1) is 6.58 Å². The van der Waals surface area contributed by atoms with Gasteiger partial charge in [0.1, 0.15) is 0 Å². The van der Waals surface area contributed by atoms with Crippen LogP contribution in [0, 0.1) is 13.8 Å². The van der Waals surface area contributed by atoms with Crippen molar-refractivity contribution < 1.29 is 14.7 Å². The highest BCUT2D eigenvalue weighted by Crippen LogP contribution is 2.20. The molecule has 0 saturated carbocycles.